The number of halogens is 1. The Hall–Kier alpha value is -2.79. The second-order valence-corrected chi connectivity index (χ2v) is 8.94. The summed E-state index contributed by atoms with van der Waals surface area (Å²) in [5.74, 6) is 0.937. The van der Waals surface area contributed by atoms with Gasteiger partial charge in [0.25, 0.3) is 5.91 Å². The van der Waals surface area contributed by atoms with E-state index in [4.69, 9.17) is 16.6 Å². The lowest BCUT2D eigenvalue weighted by molar-refractivity contribution is 0.0792. The highest BCUT2D eigenvalue weighted by Gasteiger charge is 2.29. The Morgan fingerprint density at radius 2 is 1.93 bits per heavy atom. The third kappa shape index (κ3) is 3.82. The number of hydrogen-bond acceptors (Lipinski definition) is 3. The van der Waals surface area contributed by atoms with E-state index in [-0.39, 0.29) is 5.91 Å². The average Bonchev–Trinajstić information content (AvgIpc) is 3.37. The van der Waals surface area contributed by atoms with Crippen molar-refractivity contribution in [3.63, 3.8) is 0 Å². The SMILES string of the molecule is C=C(Nc1ccc(C(=O)N2CCCC2)c(C)c1)C(C)(C)c1nc2ccc(Cl)cc2[nH]1. The number of imidazole rings is 1. The van der Waals surface area contributed by atoms with Crippen molar-refractivity contribution in [1.82, 2.24) is 14.9 Å². The summed E-state index contributed by atoms with van der Waals surface area (Å²) in [6.07, 6.45) is 2.18. The number of benzene rings is 2. The average molecular weight is 423 g/mol. The Morgan fingerprint density at radius 1 is 1.20 bits per heavy atom. The van der Waals surface area contributed by atoms with Crippen LogP contribution in [0.4, 0.5) is 5.69 Å². The van der Waals surface area contributed by atoms with Gasteiger partial charge in [-0.3, -0.25) is 4.79 Å². The molecule has 2 aromatic carbocycles. The summed E-state index contributed by atoms with van der Waals surface area (Å²) in [6, 6.07) is 11.5. The van der Waals surface area contributed by atoms with E-state index in [1.54, 1.807) is 0 Å². The van der Waals surface area contributed by atoms with E-state index < -0.39 is 5.41 Å². The minimum absolute atomic E-state index is 0.122. The van der Waals surface area contributed by atoms with E-state index in [0.717, 1.165) is 65.3 Å². The van der Waals surface area contributed by atoms with E-state index in [1.807, 2.05) is 48.2 Å². The second-order valence-electron chi connectivity index (χ2n) is 8.50. The highest BCUT2D eigenvalue weighted by atomic mass is 35.5. The van der Waals surface area contributed by atoms with Gasteiger partial charge >= 0.3 is 0 Å². The molecule has 0 unspecified atom stereocenters. The van der Waals surface area contributed by atoms with Gasteiger partial charge in [-0.05, 0) is 75.6 Å². The number of likely N-dealkylation sites (tertiary alicyclic amines) is 1. The van der Waals surface area contributed by atoms with Gasteiger partial charge in [0.2, 0.25) is 0 Å². The predicted octanol–water partition coefficient (Wildman–Crippen LogP) is 5.66. The van der Waals surface area contributed by atoms with Gasteiger partial charge in [-0.15, -0.1) is 0 Å². The summed E-state index contributed by atoms with van der Waals surface area (Å²) in [6.45, 7) is 12.1. The fourth-order valence-electron chi connectivity index (χ4n) is 3.82. The van der Waals surface area contributed by atoms with Crippen molar-refractivity contribution in [2.45, 2.75) is 39.0 Å². The number of carbonyl (C=O) groups excluding carboxylic acids is 1. The van der Waals surface area contributed by atoms with Gasteiger partial charge in [0.05, 0.1) is 16.4 Å². The molecular formula is C24H27ClN4O. The molecule has 1 aliphatic heterocycles. The van der Waals surface area contributed by atoms with Crippen LogP contribution in [-0.2, 0) is 5.41 Å². The zero-order valence-electron chi connectivity index (χ0n) is 17.7. The van der Waals surface area contributed by atoms with Crippen molar-refractivity contribution in [3.8, 4) is 0 Å². The fourth-order valence-corrected chi connectivity index (χ4v) is 4.00. The van der Waals surface area contributed by atoms with Crippen LogP contribution in [0.15, 0.2) is 48.7 Å². The molecule has 0 radical (unpaired) electrons. The largest absolute Gasteiger partial charge is 0.359 e. The summed E-state index contributed by atoms with van der Waals surface area (Å²) in [5.41, 5.74) is 4.77. The number of hydrogen-bond donors (Lipinski definition) is 2. The predicted molar refractivity (Wildman–Crippen MR) is 123 cm³/mol. The number of anilines is 1. The number of amides is 1. The van der Waals surface area contributed by atoms with Crippen LogP contribution < -0.4 is 5.32 Å². The zero-order chi connectivity index (χ0) is 21.5. The summed E-state index contributed by atoms with van der Waals surface area (Å²) in [5, 5.41) is 4.08. The van der Waals surface area contributed by atoms with E-state index in [9.17, 15) is 4.79 Å². The zero-order valence-corrected chi connectivity index (χ0v) is 18.4. The molecule has 3 aromatic rings. The molecule has 2 heterocycles. The van der Waals surface area contributed by atoms with Gasteiger partial charge in [0.15, 0.2) is 0 Å². The number of H-pyrrole nitrogens is 1. The molecule has 0 aliphatic carbocycles. The van der Waals surface area contributed by atoms with Crippen LogP contribution >= 0.6 is 11.6 Å². The van der Waals surface area contributed by atoms with Crippen molar-refractivity contribution in [2.24, 2.45) is 0 Å². The number of aromatic nitrogens is 2. The van der Waals surface area contributed by atoms with Gasteiger partial charge in [0, 0.05) is 35.1 Å². The van der Waals surface area contributed by atoms with Crippen LogP contribution in [0.2, 0.25) is 5.02 Å². The summed E-state index contributed by atoms with van der Waals surface area (Å²) in [7, 11) is 0. The quantitative estimate of drug-likeness (QED) is 0.557. The molecule has 1 saturated heterocycles. The normalized spacial score (nSPS) is 14.3. The van der Waals surface area contributed by atoms with E-state index in [0.29, 0.717) is 5.02 Å². The van der Waals surface area contributed by atoms with Crippen LogP contribution in [0.5, 0.6) is 0 Å². The Kier molecular flexibility index (Phi) is 5.33. The second kappa shape index (κ2) is 7.80. The molecule has 0 spiro atoms. The number of allylic oxidation sites excluding steroid dienone is 1. The smallest absolute Gasteiger partial charge is 0.254 e. The van der Waals surface area contributed by atoms with Crippen LogP contribution in [0.25, 0.3) is 11.0 Å². The van der Waals surface area contributed by atoms with Crippen molar-refractivity contribution in [2.75, 3.05) is 18.4 Å². The molecule has 30 heavy (non-hydrogen) atoms. The molecule has 4 rings (SSSR count). The van der Waals surface area contributed by atoms with Crippen molar-refractivity contribution >= 4 is 34.2 Å². The molecule has 1 fully saturated rings. The van der Waals surface area contributed by atoms with Gasteiger partial charge in [-0.1, -0.05) is 18.2 Å². The molecule has 1 amide bonds. The molecule has 1 aliphatic rings. The van der Waals surface area contributed by atoms with E-state index in [2.05, 4.69) is 30.7 Å². The fraction of sp³-hybridized carbons (Fsp3) is 0.333. The van der Waals surface area contributed by atoms with Crippen molar-refractivity contribution < 1.29 is 4.79 Å². The van der Waals surface area contributed by atoms with E-state index in [1.165, 1.54) is 0 Å². The first-order chi connectivity index (χ1) is 14.3. The summed E-state index contributed by atoms with van der Waals surface area (Å²) in [4.78, 5) is 22.7. The summed E-state index contributed by atoms with van der Waals surface area (Å²) < 4.78 is 0. The highest BCUT2D eigenvalue weighted by Crippen LogP contribution is 2.32. The molecular weight excluding hydrogens is 396 g/mol. The standard InChI is InChI=1S/C24H27ClN4O/c1-15-13-18(8-9-19(15)22(30)29-11-5-6-12-29)26-16(2)24(3,4)23-27-20-10-7-17(25)14-21(20)28-23/h7-10,13-14,26H,2,5-6,11-12H2,1,3-4H3,(H,27,28). The lowest BCUT2D eigenvalue weighted by Gasteiger charge is -2.26. The minimum Gasteiger partial charge on any atom is -0.359 e. The molecule has 6 heteroatoms. The van der Waals surface area contributed by atoms with Crippen LogP contribution in [0, 0.1) is 6.92 Å². The maximum Gasteiger partial charge on any atom is 0.254 e. The first-order valence-electron chi connectivity index (χ1n) is 10.3. The van der Waals surface area contributed by atoms with Crippen LogP contribution in [0.3, 0.4) is 0 Å². The number of aromatic amines is 1. The number of rotatable bonds is 5. The molecule has 1 aromatic heterocycles. The Bertz CT molecular complexity index is 1130. The first kappa shape index (κ1) is 20.5. The molecule has 156 valence electrons. The Morgan fingerprint density at radius 3 is 2.63 bits per heavy atom. The molecule has 2 N–H and O–H groups in total. The molecule has 0 atom stereocenters. The van der Waals surface area contributed by atoms with Crippen molar-refractivity contribution in [3.05, 3.63) is 70.6 Å². The third-order valence-corrected chi connectivity index (χ3v) is 6.17. The lowest BCUT2D eigenvalue weighted by Crippen LogP contribution is -2.28. The number of aryl methyl sites for hydroxylation is 1. The minimum atomic E-state index is -0.441. The van der Waals surface area contributed by atoms with Gasteiger partial charge in [0.1, 0.15) is 5.82 Å². The number of carbonyl (C=O) groups is 1. The third-order valence-electron chi connectivity index (χ3n) is 5.94. The Labute approximate surface area is 182 Å². The van der Waals surface area contributed by atoms with Gasteiger partial charge < -0.3 is 15.2 Å². The topological polar surface area (TPSA) is 61.0 Å². The lowest BCUT2D eigenvalue weighted by atomic mass is 9.88. The highest BCUT2D eigenvalue weighted by molar-refractivity contribution is 6.31. The van der Waals surface area contributed by atoms with Crippen LogP contribution in [0.1, 0.15) is 48.4 Å². The first-order valence-corrected chi connectivity index (χ1v) is 10.7. The summed E-state index contributed by atoms with van der Waals surface area (Å²) >= 11 is 6.10. The number of nitrogens with one attached hydrogen (secondary N) is 2. The van der Waals surface area contributed by atoms with E-state index >= 15 is 0 Å². The van der Waals surface area contributed by atoms with Crippen LogP contribution in [-0.4, -0.2) is 33.9 Å². The number of fused-ring (bicyclic) bond motifs is 1. The monoisotopic (exact) mass is 422 g/mol. The van der Waals surface area contributed by atoms with Crippen molar-refractivity contribution in [1.29, 1.82) is 0 Å². The Balaban J connectivity index is 1.53. The molecule has 0 saturated carbocycles. The maximum atomic E-state index is 12.7. The molecule has 5 nitrogen and oxygen atoms in total. The number of nitrogens with zero attached hydrogens (tertiary/aromatic N) is 2. The van der Waals surface area contributed by atoms with Gasteiger partial charge in [-0.25, -0.2) is 4.98 Å². The van der Waals surface area contributed by atoms with Gasteiger partial charge in [-0.2, -0.15) is 0 Å². The molecule has 0 bridgehead atoms. The maximum absolute atomic E-state index is 12.7.